The molecule has 0 unspecified atom stereocenters. The van der Waals surface area contributed by atoms with Gasteiger partial charge in [0.05, 0.1) is 0 Å². The fraction of sp³-hybridized carbons (Fsp3) is 0.889. The van der Waals surface area contributed by atoms with Gasteiger partial charge in [-0.05, 0) is 24.3 Å². The molecule has 1 rings (SSSR count). The molecule has 1 fully saturated rings. The minimum absolute atomic E-state index is 0.343. The molecular formula is C9H18OS. The number of thioether (sulfide) groups is 1. The molecule has 1 saturated heterocycles. The average molecular weight is 174 g/mol. The monoisotopic (exact) mass is 174 g/mol. The Bertz CT molecular complexity index is 84.1. The summed E-state index contributed by atoms with van der Waals surface area (Å²) in [5.41, 5.74) is 0. The molecule has 0 spiro atoms. The van der Waals surface area contributed by atoms with Crippen LogP contribution in [-0.4, -0.2) is 17.3 Å². The summed E-state index contributed by atoms with van der Waals surface area (Å²) in [5, 5.41) is 0. The van der Waals surface area contributed by atoms with Gasteiger partial charge in [-0.2, -0.15) is 11.8 Å². The van der Waals surface area contributed by atoms with Crippen molar-refractivity contribution in [1.29, 1.82) is 0 Å². The van der Waals surface area contributed by atoms with E-state index < -0.39 is 0 Å². The van der Waals surface area contributed by atoms with E-state index in [2.05, 4.69) is 11.8 Å². The third kappa shape index (κ3) is 7.92. The van der Waals surface area contributed by atoms with Crippen LogP contribution in [0.3, 0.4) is 0 Å². The lowest BCUT2D eigenvalue weighted by molar-refractivity contribution is -0.118. The van der Waals surface area contributed by atoms with Gasteiger partial charge in [-0.3, -0.25) is 4.79 Å². The number of rotatable bonds is 2. The highest BCUT2D eigenvalue weighted by atomic mass is 32.2. The highest BCUT2D eigenvalue weighted by Gasteiger charge is 1.95. The van der Waals surface area contributed by atoms with Crippen molar-refractivity contribution in [1.82, 2.24) is 0 Å². The number of carbonyl (C=O) groups is 1. The molecule has 1 heterocycles. The first-order valence-electron chi connectivity index (χ1n) is 4.40. The maximum absolute atomic E-state index is 10.2. The van der Waals surface area contributed by atoms with Crippen LogP contribution < -0.4 is 0 Å². The normalized spacial score (nSPS) is 15.5. The summed E-state index contributed by atoms with van der Waals surface area (Å²) in [4.78, 5) is 10.2. The third-order valence-corrected chi connectivity index (χ3v) is 2.77. The fourth-order valence-electron chi connectivity index (χ4n) is 0.760. The molecule has 0 aromatic heterocycles. The average Bonchev–Trinajstić information content (AvgIpc) is 2.60. The second-order valence-electron chi connectivity index (χ2n) is 2.57. The second kappa shape index (κ2) is 8.12. The summed E-state index contributed by atoms with van der Waals surface area (Å²) in [7, 11) is 0. The number of hydrogen-bond acceptors (Lipinski definition) is 2. The van der Waals surface area contributed by atoms with Crippen LogP contribution in [0.4, 0.5) is 0 Å². The Hall–Kier alpha value is 0.0200. The highest BCUT2D eigenvalue weighted by Crippen LogP contribution is 2.14. The zero-order chi connectivity index (χ0) is 8.53. The van der Waals surface area contributed by atoms with Gasteiger partial charge in [-0.15, -0.1) is 0 Å². The number of carbonyl (C=O) groups excluding carboxylic acids is 1. The molecule has 1 aliphatic rings. The molecule has 1 nitrogen and oxygen atoms in total. The summed E-state index contributed by atoms with van der Waals surface area (Å²) in [6.45, 7) is 3.76. The van der Waals surface area contributed by atoms with Crippen molar-refractivity contribution in [3.8, 4) is 0 Å². The van der Waals surface area contributed by atoms with Gasteiger partial charge in [0.15, 0.2) is 0 Å². The Morgan fingerprint density at radius 1 is 1.18 bits per heavy atom. The van der Waals surface area contributed by atoms with E-state index in [1.165, 1.54) is 24.3 Å². The van der Waals surface area contributed by atoms with Gasteiger partial charge in [-0.25, -0.2) is 0 Å². The molecule has 2 heteroatoms. The third-order valence-electron chi connectivity index (χ3n) is 1.62. The molecule has 0 N–H and O–H groups in total. The van der Waals surface area contributed by atoms with Crippen LogP contribution in [0.15, 0.2) is 0 Å². The Labute approximate surface area is 73.9 Å². The SMILES string of the molecule is C1CCSC1.CCC(=O)CC. The first-order chi connectivity index (χ1) is 5.31. The van der Waals surface area contributed by atoms with E-state index in [9.17, 15) is 4.79 Å². The molecule has 0 aromatic rings. The topological polar surface area (TPSA) is 17.1 Å². The summed E-state index contributed by atoms with van der Waals surface area (Å²) in [5.74, 6) is 3.18. The minimum atomic E-state index is 0.343. The zero-order valence-electron chi connectivity index (χ0n) is 7.56. The van der Waals surface area contributed by atoms with Gasteiger partial charge in [0.2, 0.25) is 0 Å². The first-order valence-corrected chi connectivity index (χ1v) is 5.56. The molecule has 0 radical (unpaired) electrons. The first kappa shape index (κ1) is 11.0. The van der Waals surface area contributed by atoms with Crippen LogP contribution in [0.5, 0.6) is 0 Å². The molecule has 0 atom stereocenters. The van der Waals surface area contributed by atoms with E-state index >= 15 is 0 Å². The van der Waals surface area contributed by atoms with Gasteiger partial charge < -0.3 is 0 Å². The molecule has 0 amide bonds. The summed E-state index contributed by atoms with van der Waals surface area (Å²) < 4.78 is 0. The Kier molecular flexibility index (Phi) is 8.13. The van der Waals surface area contributed by atoms with E-state index in [1.807, 2.05) is 13.8 Å². The fourth-order valence-corrected chi connectivity index (χ4v) is 1.78. The number of ketones is 1. The van der Waals surface area contributed by atoms with Gasteiger partial charge in [-0.1, -0.05) is 13.8 Å². The van der Waals surface area contributed by atoms with Crippen molar-refractivity contribution in [2.24, 2.45) is 0 Å². The lowest BCUT2D eigenvalue weighted by Gasteiger charge is -1.81. The van der Waals surface area contributed by atoms with Crippen LogP contribution >= 0.6 is 11.8 Å². The lowest BCUT2D eigenvalue weighted by Crippen LogP contribution is -1.88. The second-order valence-corrected chi connectivity index (χ2v) is 3.79. The molecule has 0 aliphatic carbocycles. The smallest absolute Gasteiger partial charge is 0.132 e. The molecule has 11 heavy (non-hydrogen) atoms. The lowest BCUT2D eigenvalue weighted by atomic mass is 10.3. The van der Waals surface area contributed by atoms with Crippen molar-refractivity contribution in [3.05, 3.63) is 0 Å². The maximum Gasteiger partial charge on any atom is 0.132 e. The molecule has 0 aromatic carbocycles. The van der Waals surface area contributed by atoms with E-state index in [4.69, 9.17) is 0 Å². The van der Waals surface area contributed by atoms with Crippen LogP contribution in [0.2, 0.25) is 0 Å². The number of hydrogen-bond donors (Lipinski definition) is 0. The predicted octanol–water partition coefficient (Wildman–Crippen LogP) is 2.89. The molecular weight excluding hydrogens is 156 g/mol. The minimum Gasteiger partial charge on any atom is -0.300 e. The Morgan fingerprint density at radius 2 is 1.64 bits per heavy atom. The van der Waals surface area contributed by atoms with Crippen molar-refractivity contribution in [2.45, 2.75) is 39.5 Å². The molecule has 1 aliphatic heterocycles. The van der Waals surface area contributed by atoms with Crippen LogP contribution in [0.1, 0.15) is 39.5 Å². The zero-order valence-corrected chi connectivity index (χ0v) is 8.38. The van der Waals surface area contributed by atoms with Crippen LogP contribution in [-0.2, 0) is 4.79 Å². The van der Waals surface area contributed by atoms with Gasteiger partial charge in [0.25, 0.3) is 0 Å². The van der Waals surface area contributed by atoms with Gasteiger partial charge in [0, 0.05) is 12.8 Å². The Balaban J connectivity index is 0.000000183. The molecule has 0 saturated carbocycles. The summed E-state index contributed by atoms with van der Waals surface area (Å²) >= 11 is 2.07. The Morgan fingerprint density at radius 3 is 1.73 bits per heavy atom. The largest absolute Gasteiger partial charge is 0.300 e. The molecule has 66 valence electrons. The van der Waals surface area contributed by atoms with Gasteiger partial charge in [0.1, 0.15) is 5.78 Å². The van der Waals surface area contributed by atoms with Crippen LogP contribution in [0.25, 0.3) is 0 Å². The van der Waals surface area contributed by atoms with E-state index in [1.54, 1.807) is 0 Å². The van der Waals surface area contributed by atoms with Crippen LogP contribution in [0, 0.1) is 0 Å². The standard InChI is InChI=1S/C5H10O.C4H8S/c1-3-5(6)4-2;1-2-4-5-3-1/h3-4H2,1-2H3;1-4H2. The summed E-state index contributed by atoms with van der Waals surface area (Å²) in [6.07, 6.45) is 4.31. The van der Waals surface area contributed by atoms with Crippen molar-refractivity contribution in [3.63, 3.8) is 0 Å². The van der Waals surface area contributed by atoms with Gasteiger partial charge >= 0.3 is 0 Å². The van der Waals surface area contributed by atoms with Crippen molar-refractivity contribution >= 4 is 17.5 Å². The van der Waals surface area contributed by atoms with Crippen molar-refractivity contribution in [2.75, 3.05) is 11.5 Å². The quantitative estimate of drug-likeness (QED) is 0.640. The van der Waals surface area contributed by atoms with Crippen molar-refractivity contribution < 1.29 is 4.79 Å². The van der Waals surface area contributed by atoms with E-state index in [0.29, 0.717) is 18.6 Å². The molecule has 0 bridgehead atoms. The highest BCUT2D eigenvalue weighted by molar-refractivity contribution is 7.99. The van der Waals surface area contributed by atoms with E-state index in [-0.39, 0.29) is 0 Å². The maximum atomic E-state index is 10.2. The number of Topliss-reactive ketones (excluding diaryl/α,β-unsaturated/α-hetero) is 1. The summed E-state index contributed by atoms with van der Waals surface area (Å²) in [6, 6.07) is 0. The van der Waals surface area contributed by atoms with E-state index in [0.717, 1.165) is 0 Å². The predicted molar refractivity (Wildman–Crippen MR) is 52.1 cm³/mol.